The molecule has 1 unspecified atom stereocenters. The van der Waals surface area contributed by atoms with Gasteiger partial charge < -0.3 is 10.1 Å². The van der Waals surface area contributed by atoms with Gasteiger partial charge in [-0.05, 0) is 29.3 Å². The van der Waals surface area contributed by atoms with Gasteiger partial charge in [-0.3, -0.25) is 0 Å². The van der Waals surface area contributed by atoms with Crippen LogP contribution in [0.4, 0.5) is 5.82 Å². The zero-order valence-corrected chi connectivity index (χ0v) is 11.0. The lowest BCUT2D eigenvalue weighted by atomic mass is 10.2. The molecule has 0 bridgehead atoms. The highest BCUT2D eigenvalue weighted by atomic mass is 35.5. The van der Waals surface area contributed by atoms with Crippen LogP contribution < -0.4 is 10.1 Å². The van der Waals surface area contributed by atoms with Crippen LogP contribution in [0.3, 0.4) is 0 Å². The largest absolute Gasteiger partial charge is 0.490 e. The average molecular weight is 270 g/mol. The van der Waals surface area contributed by atoms with Crippen molar-refractivity contribution in [1.29, 1.82) is 0 Å². The van der Waals surface area contributed by atoms with Gasteiger partial charge >= 0.3 is 0 Å². The highest BCUT2D eigenvalue weighted by Crippen LogP contribution is 2.31. The molecule has 2 heterocycles. The van der Waals surface area contributed by atoms with Gasteiger partial charge in [-0.1, -0.05) is 11.6 Å². The summed E-state index contributed by atoms with van der Waals surface area (Å²) >= 11 is 7.59. The fourth-order valence-corrected chi connectivity index (χ4v) is 2.41. The van der Waals surface area contributed by atoms with Crippen LogP contribution in [0, 0.1) is 0 Å². The maximum Gasteiger partial charge on any atom is 0.198 e. The van der Waals surface area contributed by atoms with Crippen molar-refractivity contribution in [2.45, 2.75) is 13.0 Å². The zero-order chi connectivity index (χ0) is 12.3. The first-order valence-electron chi connectivity index (χ1n) is 5.05. The maximum atomic E-state index is 5.92. The number of halogens is 1. The number of nitrogens with zero attached hydrogens (tertiary/aromatic N) is 2. The Bertz CT molecular complexity index is 489. The minimum Gasteiger partial charge on any atom is -0.490 e. The molecule has 17 heavy (non-hydrogen) atoms. The van der Waals surface area contributed by atoms with Gasteiger partial charge in [0, 0.05) is 0 Å². The Hall–Kier alpha value is -1.33. The molecule has 0 saturated carbocycles. The lowest BCUT2D eigenvalue weighted by molar-refractivity contribution is 0.412. The second kappa shape index (κ2) is 5.33. The number of hydrogen-bond donors (Lipinski definition) is 1. The van der Waals surface area contributed by atoms with Crippen molar-refractivity contribution < 1.29 is 4.74 Å². The number of thiophene rings is 1. The summed E-state index contributed by atoms with van der Waals surface area (Å²) in [6.45, 7) is 2.05. The van der Waals surface area contributed by atoms with Gasteiger partial charge in [-0.2, -0.15) is 11.3 Å². The predicted octanol–water partition coefficient (Wildman–Crippen LogP) is 3.37. The normalized spacial score (nSPS) is 12.2. The van der Waals surface area contributed by atoms with E-state index in [1.807, 2.05) is 5.38 Å². The summed E-state index contributed by atoms with van der Waals surface area (Å²) in [7, 11) is 1.55. The van der Waals surface area contributed by atoms with Crippen molar-refractivity contribution in [3.05, 3.63) is 33.9 Å². The average Bonchev–Trinajstić information content (AvgIpc) is 2.82. The monoisotopic (exact) mass is 269 g/mol. The molecule has 0 amide bonds. The van der Waals surface area contributed by atoms with Gasteiger partial charge in [0.2, 0.25) is 0 Å². The number of ether oxygens (including phenoxy) is 1. The van der Waals surface area contributed by atoms with E-state index in [9.17, 15) is 0 Å². The van der Waals surface area contributed by atoms with E-state index in [2.05, 4.69) is 33.7 Å². The summed E-state index contributed by atoms with van der Waals surface area (Å²) < 4.78 is 5.18. The molecule has 0 radical (unpaired) electrons. The van der Waals surface area contributed by atoms with Crippen molar-refractivity contribution in [2.24, 2.45) is 0 Å². The number of aromatic nitrogens is 2. The van der Waals surface area contributed by atoms with Gasteiger partial charge in [0.15, 0.2) is 16.7 Å². The van der Waals surface area contributed by atoms with Crippen LogP contribution in [0.1, 0.15) is 18.5 Å². The number of nitrogens with one attached hydrogen (secondary N) is 1. The first kappa shape index (κ1) is 12.1. The summed E-state index contributed by atoms with van der Waals surface area (Å²) in [6, 6.07) is 2.21. The van der Waals surface area contributed by atoms with Crippen LogP contribution in [0.15, 0.2) is 23.2 Å². The summed E-state index contributed by atoms with van der Waals surface area (Å²) in [4.78, 5) is 8.00. The van der Waals surface area contributed by atoms with Crippen molar-refractivity contribution >= 4 is 28.8 Å². The Kier molecular flexibility index (Phi) is 3.81. The van der Waals surface area contributed by atoms with Gasteiger partial charge in [0.05, 0.1) is 13.2 Å². The van der Waals surface area contributed by atoms with Gasteiger partial charge in [-0.15, -0.1) is 0 Å². The number of anilines is 1. The van der Waals surface area contributed by atoms with Gasteiger partial charge in [0.1, 0.15) is 6.33 Å². The molecule has 0 aromatic carbocycles. The topological polar surface area (TPSA) is 47.0 Å². The molecular formula is C11H12ClN3OS. The number of rotatable bonds is 4. The molecule has 2 aromatic heterocycles. The van der Waals surface area contributed by atoms with Crippen molar-refractivity contribution in [3.63, 3.8) is 0 Å². The van der Waals surface area contributed by atoms with Gasteiger partial charge in [-0.25, -0.2) is 9.97 Å². The van der Waals surface area contributed by atoms with E-state index >= 15 is 0 Å². The second-order valence-corrected chi connectivity index (χ2v) is 4.61. The maximum absolute atomic E-state index is 5.92. The molecule has 2 rings (SSSR count). The molecule has 1 N–H and O–H groups in total. The highest BCUT2D eigenvalue weighted by molar-refractivity contribution is 7.07. The zero-order valence-electron chi connectivity index (χ0n) is 9.48. The number of methoxy groups -OCH3 is 1. The molecule has 0 aliphatic rings. The third kappa shape index (κ3) is 2.68. The van der Waals surface area contributed by atoms with E-state index in [0.717, 1.165) is 0 Å². The predicted molar refractivity (Wildman–Crippen MR) is 70.0 cm³/mol. The Balaban J connectivity index is 2.21. The fourth-order valence-electron chi connectivity index (χ4n) is 1.45. The molecule has 2 aromatic rings. The lowest BCUT2D eigenvalue weighted by Gasteiger charge is -2.15. The van der Waals surface area contributed by atoms with E-state index < -0.39 is 0 Å². The molecule has 0 aliphatic carbocycles. The van der Waals surface area contributed by atoms with Crippen molar-refractivity contribution in [1.82, 2.24) is 9.97 Å². The van der Waals surface area contributed by atoms with Crippen LogP contribution in [0.25, 0.3) is 0 Å². The molecular weight excluding hydrogens is 258 g/mol. The van der Waals surface area contributed by atoms with Crippen molar-refractivity contribution in [2.75, 3.05) is 12.4 Å². The molecule has 0 spiro atoms. The van der Waals surface area contributed by atoms with Crippen LogP contribution in [-0.4, -0.2) is 17.1 Å². The molecule has 0 saturated heterocycles. The summed E-state index contributed by atoms with van der Waals surface area (Å²) in [5.41, 5.74) is 1.20. The van der Waals surface area contributed by atoms with Crippen LogP contribution in [0.2, 0.25) is 5.15 Å². The van der Waals surface area contributed by atoms with E-state index in [-0.39, 0.29) is 6.04 Å². The first-order chi connectivity index (χ1) is 8.22. The van der Waals surface area contributed by atoms with E-state index in [0.29, 0.717) is 16.7 Å². The van der Waals surface area contributed by atoms with Crippen LogP contribution >= 0.6 is 22.9 Å². The van der Waals surface area contributed by atoms with E-state index in [1.165, 1.54) is 11.9 Å². The molecule has 0 aliphatic heterocycles. The Labute approximate surface area is 109 Å². The summed E-state index contributed by atoms with van der Waals surface area (Å²) in [5.74, 6) is 1.07. The smallest absolute Gasteiger partial charge is 0.198 e. The Morgan fingerprint density at radius 2 is 2.29 bits per heavy atom. The SMILES string of the molecule is COc1c(Cl)ncnc1NC(C)c1ccsc1. The second-order valence-electron chi connectivity index (χ2n) is 3.47. The number of hydrogen-bond acceptors (Lipinski definition) is 5. The van der Waals surface area contributed by atoms with Crippen LogP contribution in [-0.2, 0) is 0 Å². The molecule has 4 nitrogen and oxygen atoms in total. The Morgan fingerprint density at radius 3 is 2.94 bits per heavy atom. The van der Waals surface area contributed by atoms with E-state index in [4.69, 9.17) is 16.3 Å². The standard InChI is InChI=1S/C11H12ClN3OS/c1-7(8-3-4-17-5-8)15-11-9(16-2)10(12)13-6-14-11/h3-7H,1-2H3,(H,13,14,15). The third-order valence-corrected chi connectivity index (χ3v) is 3.33. The highest BCUT2D eigenvalue weighted by Gasteiger charge is 2.13. The first-order valence-corrected chi connectivity index (χ1v) is 6.37. The quantitative estimate of drug-likeness (QED) is 0.865. The Morgan fingerprint density at radius 1 is 1.47 bits per heavy atom. The molecule has 0 fully saturated rings. The fraction of sp³-hybridized carbons (Fsp3) is 0.273. The van der Waals surface area contributed by atoms with Gasteiger partial charge in [0.25, 0.3) is 0 Å². The minimum absolute atomic E-state index is 0.140. The van der Waals surface area contributed by atoms with Crippen molar-refractivity contribution in [3.8, 4) is 5.75 Å². The summed E-state index contributed by atoms with van der Waals surface area (Å²) in [6.07, 6.45) is 1.41. The molecule has 6 heteroatoms. The van der Waals surface area contributed by atoms with E-state index in [1.54, 1.807) is 18.4 Å². The molecule has 1 atom stereocenters. The molecule has 90 valence electrons. The third-order valence-electron chi connectivity index (χ3n) is 2.36. The minimum atomic E-state index is 0.140. The lowest BCUT2D eigenvalue weighted by Crippen LogP contribution is -2.08. The van der Waals surface area contributed by atoms with Crippen LogP contribution in [0.5, 0.6) is 5.75 Å². The summed E-state index contributed by atoms with van der Waals surface area (Å²) in [5, 5.41) is 7.69.